The summed E-state index contributed by atoms with van der Waals surface area (Å²) in [5.74, 6) is 0.609. The highest BCUT2D eigenvalue weighted by Gasteiger charge is 2.14. The van der Waals surface area contributed by atoms with Gasteiger partial charge in [0.2, 0.25) is 10.0 Å². The largest absolute Gasteiger partial charge is 0.240 e. The lowest BCUT2D eigenvalue weighted by atomic mass is 10.1. The van der Waals surface area contributed by atoms with E-state index in [0.29, 0.717) is 17.4 Å². The van der Waals surface area contributed by atoms with Gasteiger partial charge in [0.1, 0.15) is 0 Å². The zero-order valence-corrected chi connectivity index (χ0v) is 11.5. The highest BCUT2D eigenvalue weighted by molar-refractivity contribution is 7.89. The van der Waals surface area contributed by atoms with E-state index in [4.69, 9.17) is 0 Å². The Morgan fingerprint density at radius 3 is 2.47 bits per heavy atom. The fourth-order valence-corrected chi connectivity index (χ4v) is 2.97. The summed E-state index contributed by atoms with van der Waals surface area (Å²) in [6.07, 6.45) is 1.92. The van der Waals surface area contributed by atoms with Crippen LogP contribution in [0.1, 0.15) is 32.3 Å². The van der Waals surface area contributed by atoms with Crippen molar-refractivity contribution in [2.24, 2.45) is 5.92 Å². The molecule has 1 rings (SSSR count). The van der Waals surface area contributed by atoms with Crippen molar-refractivity contribution in [2.45, 2.75) is 38.5 Å². The zero-order chi connectivity index (χ0) is 12.9. The van der Waals surface area contributed by atoms with Crippen molar-refractivity contribution in [1.82, 2.24) is 4.72 Å². The minimum absolute atomic E-state index is 0.379. The molecule has 0 saturated heterocycles. The Morgan fingerprint density at radius 2 is 1.88 bits per heavy atom. The Hall–Kier alpha value is -0.870. The van der Waals surface area contributed by atoms with Gasteiger partial charge in [0, 0.05) is 6.54 Å². The van der Waals surface area contributed by atoms with E-state index >= 15 is 0 Å². The smallest absolute Gasteiger partial charge is 0.211 e. The molecule has 0 spiro atoms. The maximum Gasteiger partial charge on any atom is 0.240 e. The summed E-state index contributed by atoms with van der Waals surface area (Å²) in [5, 5.41) is 0. The molecule has 0 saturated carbocycles. The molecule has 0 aliphatic rings. The molecule has 0 unspecified atom stereocenters. The average Bonchev–Trinajstić information content (AvgIpc) is 2.24. The number of hydrogen-bond acceptors (Lipinski definition) is 2. The first-order valence-corrected chi connectivity index (χ1v) is 7.47. The quantitative estimate of drug-likeness (QED) is 0.794. The van der Waals surface area contributed by atoms with Crippen molar-refractivity contribution in [2.75, 3.05) is 6.54 Å². The molecule has 3 nitrogen and oxygen atoms in total. The number of rotatable bonds is 6. The minimum atomic E-state index is -3.34. The first-order valence-electron chi connectivity index (χ1n) is 5.99. The molecule has 0 radical (unpaired) electrons. The maximum absolute atomic E-state index is 12.0. The molecular formula is C13H21NO2S. The number of hydrogen-bond donors (Lipinski definition) is 1. The Balaban J connectivity index is 2.61. The van der Waals surface area contributed by atoms with Crippen LogP contribution in [0.15, 0.2) is 29.2 Å². The van der Waals surface area contributed by atoms with Crippen molar-refractivity contribution < 1.29 is 8.42 Å². The summed E-state index contributed by atoms with van der Waals surface area (Å²) in [6, 6.07) is 7.03. The van der Waals surface area contributed by atoms with E-state index in [1.807, 2.05) is 19.1 Å². The third kappa shape index (κ3) is 4.48. The van der Waals surface area contributed by atoms with Crippen LogP contribution < -0.4 is 4.72 Å². The van der Waals surface area contributed by atoms with Gasteiger partial charge in [-0.15, -0.1) is 0 Å². The van der Waals surface area contributed by atoms with Crippen LogP contribution in [0.25, 0.3) is 0 Å². The van der Waals surface area contributed by atoms with E-state index < -0.39 is 10.0 Å². The summed E-state index contributed by atoms with van der Waals surface area (Å²) >= 11 is 0. The summed E-state index contributed by atoms with van der Waals surface area (Å²) < 4.78 is 26.6. The van der Waals surface area contributed by atoms with Crippen molar-refractivity contribution >= 4 is 10.0 Å². The fourth-order valence-electron chi connectivity index (χ4n) is 1.65. The molecule has 96 valence electrons. The lowest BCUT2D eigenvalue weighted by Gasteiger charge is -2.09. The van der Waals surface area contributed by atoms with Crippen LogP contribution in [0.2, 0.25) is 0 Å². The predicted octanol–water partition coefficient (Wildman–Crippen LogP) is 2.71. The molecule has 1 N–H and O–H groups in total. The van der Waals surface area contributed by atoms with Crippen LogP contribution in [0, 0.1) is 12.8 Å². The summed E-state index contributed by atoms with van der Waals surface area (Å²) in [6.45, 7) is 6.59. The van der Waals surface area contributed by atoms with Crippen molar-refractivity contribution in [3.05, 3.63) is 29.8 Å². The van der Waals surface area contributed by atoms with E-state index in [2.05, 4.69) is 18.6 Å². The van der Waals surface area contributed by atoms with E-state index in [9.17, 15) is 8.42 Å². The van der Waals surface area contributed by atoms with E-state index in [1.54, 1.807) is 12.1 Å². The Labute approximate surface area is 104 Å². The van der Waals surface area contributed by atoms with Gasteiger partial charge in [-0.1, -0.05) is 32.0 Å². The first kappa shape index (κ1) is 14.2. The molecule has 0 heterocycles. The van der Waals surface area contributed by atoms with Crippen LogP contribution in [0.3, 0.4) is 0 Å². The van der Waals surface area contributed by atoms with Gasteiger partial charge in [0.15, 0.2) is 0 Å². The second-order valence-electron chi connectivity index (χ2n) is 4.70. The Bertz CT molecular complexity index is 452. The van der Waals surface area contributed by atoms with E-state index in [0.717, 1.165) is 18.4 Å². The molecule has 1 aromatic carbocycles. The zero-order valence-electron chi connectivity index (χ0n) is 10.7. The molecule has 0 aliphatic heterocycles. The third-order valence-corrected chi connectivity index (χ3v) is 4.25. The van der Waals surface area contributed by atoms with Crippen molar-refractivity contribution in [1.29, 1.82) is 0 Å². The first-order chi connectivity index (χ1) is 7.93. The molecule has 0 fully saturated rings. The average molecular weight is 255 g/mol. The molecule has 0 amide bonds. The lowest BCUT2D eigenvalue weighted by Crippen LogP contribution is -2.25. The van der Waals surface area contributed by atoms with Gasteiger partial charge in [-0.25, -0.2) is 13.1 Å². The Kier molecular flexibility index (Phi) is 5.15. The molecule has 0 bridgehead atoms. The molecule has 0 aromatic heterocycles. The standard InChI is InChI=1S/C13H21NO2S/c1-11(2)7-6-10-14-17(15,16)13-9-5-4-8-12(13)3/h4-5,8-9,11,14H,6-7,10H2,1-3H3. The van der Waals surface area contributed by atoms with Crippen LogP contribution in [-0.4, -0.2) is 15.0 Å². The van der Waals surface area contributed by atoms with Gasteiger partial charge in [-0.05, 0) is 37.3 Å². The van der Waals surface area contributed by atoms with Crippen LogP contribution >= 0.6 is 0 Å². The molecular weight excluding hydrogens is 234 g/mol. The van der Waals surface area contributed by atoms with Gasteiger partial charge in [-0.3, -0.25) is 0 Å². The van der Waals surface area contributed by atoms with Crippen LogP contribution in [0.5, 0.6) is 0 Å². The molecule has 1 aromatic rings. The summed E-state index contributed by atoms with van der Waals surface area (Å²) in [5.41, 5.74) is 0.781. The van der Waals surface area contributed by atoms with Gasteiger partial charge in [0.05, 0.1) is 4.90 Å². The van der Waals surface area contributed by atoms with Gasteiger partial charge >= 0.3 is 0 Å². The van der Waals surface area contributed by atoms with Gasteiger partial charge in [0.25, 0.3) is 0 Å². The SMILES string of the molecule is Cc1ccccc1S(=O)(=O)NCCCC(C)C. The Morgan fingerprint density at radius 1 is 1.24 bits per heavy atom. The molecule has 17 heavy (non-hydrogen) atoms. The normalized spacial score (nSPS) is 12.0. The second-order valence-corrected chi connectivity index (χ2v) is 6.43. The third-order valence-electron chi connectivity index (χ3n) is 2.63. The number of benzene rings is 1. The van der Waals surface area contributed by atoms with Crippen molar-refractivity contribution in [3.8, 4) is 0 Å². The van der Waals surface area contributed by atoms with Gasteiger partial charge in [-0.2, -0.15) is 0 Å². The molecule has 0 atom stereocenters. The summed E-state index contributed by atoms with van der Waals surface area (Å²) in [7, 11) is -3.34. The predicted molar refractivity (Wildman–Crippen MR) is 70.4 cm³/mol. The highest BCUT2D eigenvalue weighted by Crippen LogP contribution is 2.13. The number of aryl methyl sites for hydroxylation is 1. The number of sulfonamides is 1. The van der Waals surface area contributed by atoms with Crippen molar-refractivity contribution in [3.63, 3.8) is 0 Å². The summed E-state index contributed by atoms with van der Waals surface area (Å²) in [4.78, 5) is 0.379. The molecule has 0 aliphatic carbocycles. The fraction of sp³-hybridized carbons (Fsp3) is 0.538. The molecule has 4 heteroatoms. The maximum atomic E-state index is 12.0. The topological polar surface area (TPSA) is 46.2 Å². The van der Waals surface area contributed by atoms with Crippen LogP contribution in [0.4, 0.5) is 0 Å². The number of nitrogens with one attached hydrogen (secondary N) is 1. The monoisotopic (exact) mass is 255 g/mol. The van der Waals surface area contributed by atoms with Crippen LogP contribution in [-0.2, 0) is 10.0 Å². The minimum Gasteiger partial charge on any atom is -0.211 e. The second kappa shape index (κ2) is 6.17. The highest BCUT2D eigenvalue weighted by atomic mass is 32.2. The van der Waals surface area contributed by atoms with Gasteiger partial charge < -0.3 is 0 Å². The lowest BCUT2D eigenvalue weighted by molar-refractivity contribution is 0.539. The van der Waals surface area contributed by atoms with E-state index in [-0.39, 0.29) is 0 Å². The van der Waals surface area contributed by atoms with E-state index in [1.165, 1.54) is 0 Å².